The van der Waals surface area contributed by atoms with Crippen LogP contribution in [0.4, 0.5) is 5.69 Å². The van der Waals surface area contributed by atoms with Crippen molar-refractivity contribution in [2.45, 2.75) is 58.5 Å². The molecule has 0 saturated carbocycles. The molecule has 0 fully saturated rings. The van der Waals surface area contributed by atoms with Crippen molar-refractivity contribution >= 4 is 5.69 Å². The highest BCUT2D eigenvalue weighted by molar-refractivity contribution is 5.42. The Hall–Kier alpha value is -1.02. The van der Waals surface area contributed by atoms with Crippen LogP contribution in [0.3, 0.4) is 0 Å². The van der Waals surface area contributed by atoms with E-state index in [1.807, 2.05) is 6.07 Å². The fraction of sp³-hybridized carbons (Fsp3) is 0.647. The summed E-state index contributed by atoms with van der Waals surface area (Å²) in [6, 6.07) is 10.3. The summed E-state index contributed by atoms with van der Waals surface area (Å²) >= 11 is 0. The van der Waals surface area contributed by atoms with Gasteiger partial charge < -0.3 is 10.1 Å². The molecule has 1 aromatic carbocycles. The van der Waals surface area contributed by atoms with E-state index in [2.05, 4.69) is 43.4 Å². The van der Waals surface area contributed by atoms with Crippen molar-refractivity contribution in [3.63, 3.8) is 0 Å². The van der Waals surface area contributed by atoms with Gasteiger partial charge in [-0.3, -0.25) is 0 Å². The monoisotopic (exact) mass is 263 g/mol. The molecule has 0 aliphatic carbocycles. The molecular formula is C17H29NO. The summed E-state index contributed by atoms with van der Waals surface area (Å²) in [5.41, 5.74) is 1.19. The molecule has 1 aromatic rings. The average molecular weight is 263 g/mol. The lowest BCUT2D eigenvalue weighted by molar-refractivity contribution is 0.0583. The predicted molar refractivity (Wildman–Crippen MR) is 83.7 cm³/mol. The van der Waals surface area contributed by atoms with Crippen LogP contribution in [0, 0.1) is 0 Å². The van der Waals surface area contributed by atoms with Crippen molar-refractivity contribution in [1.29, 1.82) is 0 Å². The molecule has 0 bridgehead atoms. The first-order valence-corrected chi connectivity index (χ1v) is 7.73. The number of anilines is 1. The Morgan fingerprint density at radius 3 is 2.58 bits per heavy atom. The van der Waals surface area contributed by atoms with Crippen LogP contribution in [0.25, 0.3) is 0 Å². The smallest absolute Gasteiger partial charge is 0.0547 e. The minimum atomic E-state index is 0.411. The Morgan fingerprint density at radius 1 is 1.05 bits per heavy atom. The molecule has 0 heterocycles. The second kappa shape index (κ2) is 10.9. The number of unbranched alkanes of at least 4 members (excludes halogenated alkanes) is 3. The zero-order valence-corrected chi connectivity index (χ0v) is 12.5. The van der Waals surface area contributed by atoms with Crippen LogP contribution in [0.1, 0.15) is 52.4 Å². The van der Waals surface area contributed by atoms with Crippen LogP contribution in [0.15, 0.2) is 30.3 Å². The maximum absolute atomic E-state index is 5.82. The fourth-order valence-corrected chi connectivity index (χ4v) is 2.09. The Kier molecular flexibility index (Phi) is 9.17. The van der Waals surface area contributed by atoms with Crippen LogP contribution >= 0.6 is 0 Å². The summed E-state index contributed by atoms with van der Waals surface area (Å²) in [4.78, 5) is 0. The normalized spacial score (nSPS) is 12.3. The van der Waals surface area contributed by atoms with Gasteiger partial charge in [0.1, 0.15) is 0 Å². The van der Waals surface area contributed by atoms with Gasteiger partial charge in [-0.15, -0.1) is 0 Å². The molecule has 0 spiro atoms. The van der Waals surface area contributed by atoms with Gasteiger partial charge in [0.2, 0.25) is 0 Å². The van der Waals surface area contributed by atoms with Crippen molar-refractivity contribution in [3.05, 3.63) is 30.3 Å². The lowest BCUT2D eigenvalue weighted by atomic mass is 10.1. The number of para-hydroxylation sites is 1. The number of hydrogen-bond donors (Lipinski definition) is 1. The van der Waals surface area contributed by atoms with Crippen LogP contribution in [0.2, 0.25) is 0 Å². The zero-order chi connectivity index (χ0) is 13.8. The molecule has 19 heavy (non-hydrogen) atoms. The van der Waals surface area contributed by atoms with E-state index in [0.29, 0.717) is 6.10 Å². The van der Waals surface area contributed by atoms with Gasteiger partial charge in [0, 0.05) is 18.8 Å². The minimum absolute atomic E-state index is 0.411. The van der Waals surface area contributed by atoms with Gasteiger partial charge >= 0.3 is 0 Å². The Morgan fingerprint density at radius 2 is 1.84 bits per heavy atom. The average Bonchev–Trinajstić information content (AvgIpc) is 2.44. The van der Waals surface area contributed by atoms with Crippen molar-refractivity contribution in [2.24, 2.45) is 0 Å². The second-order valence-electron chi connectivity index (χ2n) is 5.18. The number of hydrogen-bond acceptors (Lipinski definition) is 2. The van der Waals surface area contributed by atoms with E-state index in [1.165, 1.54) is 37.8 Å². The van der Waals surface area contributed by atoms with E-state index in [-0.39, 0.29) is 0 Å². The molecule has 1 unspecified atom stereocenters. The number of nitrogens with one attached hydrogen (secondary N) is 1. The summed E-state index contributed by atoms with van der Waals surface area (Å²) in [7, 11) is 0. The number of rotatable bonds is 11. The summed E-state index contributed by atoms with van der Waals surface area (Å²) in [5, 5.41) is 3.40. The molecule has 1 rings (SSSR count). The van der Waals surface area contributed by atoms with Crippen LogP contribution in [-0.4, -0.2) is 19.3 Å². The fourth-order valence-electron chi connectivity index (χ4n) is 2.09. The standard InChI is InChI=1S/C17H29NO/c1-3-4-5-7-11-16(2)19-15-10-14-18-17-12-8-6-9-13-17/h6,8-9,12-13,16,18H,3-5,7,10-11,14-15H2,1-2H3. The van der Waals surface area contributed by atoms with Crippen molar-refractivity contribution < 1.29 is 4.74 Å². The predicted octanol–water partition coefficient (Wildman–Crippen LogP) is 4.86. The third-order valence-corrected chi connectivity index (χ3v) is 3.29. The minimum Gasteiger partial charge on any atom is -0.385 e. The number of ether oxygens (including phenoxy) is 1. The van der Waals surface area contributed by atoms with E-state index in [9.17, 15) is 0 Å². The third-order valence-electron chi connectivity index (χ3n) is 3.29. The van der Waals surface area contributed by atoms with Gasteiger partial charge in [0.25, 0.3) is 0 Å². The first-order chi connectivity index (χ1) is 9.33. The van der Waals surface area contributed by atoms with Gasteiger partial charge in [0.05, 0.1) is 6.10 Å². The molecule has 0 aromatic heterocycles. The molecule has 0 aliphatic heterocycles. The summed E-state index contributed by atoms with van der Waals surface area (Å²) in [6.45, 7) is 6.28. The Labute approximate surface area is 118 Å². The number of benzene rings is 1. The molecule has 2 nitrogen and oxygen atoms in total. The van der Waals surface area contributed by atoms with Crippen LogP contribution < -0.4 is 5.32 Å². The van der Waals surface area contributed by atoms with Gasteiger partial charge in [-0.05, 0) is 31.9 Å². The molecule has 0 radical (unpaired) electrons. The molecule has 108 valence electrons. The van der Waals surface area contributed by atoms with Crippen molar-refractivity contribution in [1.82, 2.24) is 0 Å². The Balaban J connectivity index is 1.92. The molecule has 2 heteroatoms. The van der Waals surface area contributed by atoms with E-state index in [1.54, 1.807) is 0 Å². The van der Waals surface area contributed by atoms with Crippen LogP contribution in [0.5, 0.6) is 0 Å². The van der Waals surface area contributed by atoms with E-state index < -0.39 is 0 Å². The van der Waals surface area contributed by atoms with Gasteiger partial charge in [0.15, 0.2) is 0 Å². The molecule has 1 atom stereocenters. The quantitative estimate of drug-likeness (QED) is 0.575. The zero-order valence-electron chi connectivity index (χ0n) is 12.5. The topological polar surface area (TPSA) is 21.3 Å². The summed E-state index contributed by atoms with van der Waals surface area (Å²) < 4.78 is 5.82. The molecular weight excluding hydrogens is 234 g/mol. The molecule has 1 N–H and O–H groups in total. The third kappa shape index (κ3) is 8.66. The lowest BCUT2D eigenvalue weighted by Crippen LogP contribution is -2.12. The van der Waals surface area contributed by atoms with Gasteiger partial charge in [-0.2, -0.15) is 0 Å². The van der Waals surface area contributed by atoms with Crippen molar-refractivity contribution in [3.8, 4) is 0 Å². The summed E-state index contributed by atoms with van der Waals surface area (Å²) in [5.74, 6) is 0. The SMILES string of the molecule is CCCCCCC(C)OCCCNc1ccccc1. The highest BCUT2D eigenvalue weighted by Gasteiger charge is 2.01. The van der Waals surface area contributed by atoms with E-state index in [4.69, 9.17) is 4.74 Å². The highest BCUT2D eigenvalue weighted by Crippen LogP contribution is 2.08. The second-order valence-corrected chi connectivity index (χ2v) is 5.18. The maximum atomic E-state index is 5.82. The first-order valence-electron chi connectivity index (χ1n) is 7.73. The van der Waals surface area contributed by atoms with E-state index >= 15 is 0 Å². The molecule has 0 amide bonds. The highest BCUT2D eigenvalue weighted by atomic mass is 16.5. The lowest BCUT2D eigenvalue weighted by Gasteiger charge is -2.13. The van der Waals surface area contributed by atoms with Crippen LogP contribution in [-0.2, 0) is 4.74 Å². The van der Waals surface area contributed by atoms with Gasteiger partial charge in [-0.25, -0.2) is 0 Å². The first kappa shape index (κ1) is 16.0. The molecule has 0 aliphatic rings. The van der Waals surface area contributed by atoms with Gasteiger partial charge in [-0.1, -0.05) is 50.8 Å². The Bertz CT molecular complexity index is 299. The van der Waals surface area contributed by atoms with Crippen molar-refractivity contribution in [2.75, 3.05) is 18.5 Å². The summed E-state index contributed by atoms with van der Waals surface area (Å²) in [6.07, 6.45) is 7.99. The largest absolute Gasteiger partial charge is 0.385 e. The molecule has 0 saturated heterocycles. The maximum Gasteiger partial charge on any atom is 0.0547 e. The van der Waals surface area contributed by atoms with E-state index in [0.717, 1.165) is 19.6 Å².